The van der Waals surface area contributed by atoms with Gasteiger partial charge in [-0.05, 0) is 61.1 Å². The molecule has 0 aliphatic carbocycles. The molecule has 2 heterocycles. The average Bonchev–Trinajstić information content (AvgIpc) is 2.70. The minimum atomic E-state index is -0.268. The van der Waals surface area contributed by atoms with Gasteiger partial charge < -0.3 is 20.7 Å². The summed E-state index contributed by atoms with van der Waals surface area (Å²) in [5.41, 5.74) is 2.91. The number of hydrogen-bond donors (Lipinski definition) is 3. The predicted molar refractivity (Wildman–Crippen MR) is 113 cm³/mol. The Bertz CT molecular complexity index is 995. The van der Waals surface area contributed by atoms with Crippen LogP contribution < -0.4 is 20.7 Å². The molecule has 0 aliphatic heterocycles. The van der Waals surface area contributed by atoms with Crippen molar-refractivity contribution in [1.29, 1.82) is 0 Å². The molecule has 0 saturated heterocycles. The number of anilines is 2. The van der Waals surface area contributed by atoms with E-state index < -0.39 is 0 Å². The number of nitrogens with zero attached hydrogens (tertiary/aromatic N) is 2. The predicted octanol–water partition coefficient (Wildman–Crippen LogP) is 3.75. The van der Waals surface area contributed by atoms with Gasteiger partial charge in [0, 0.05) is 31.2 Å². The lowest BCUT2D eigenvalue weighted by molar-refractivity contribution is 0.0958. The van der Waals surface area contributed by atoms with E-state index in [4.69, 9.17) is 17.0 Å². The summed E-state index contributed by atoms with van der Waals surface area (Å²) in [6, 6.07) is 12.6. The molecular formula is C20H19N5O2S. The monoisotopic (exact) mass is 393 g/mol. The van der Waals surface area contributed by atoms with E-state index in [1.165, 1.54) is 6.20 Å². The molecule has 0 fully saturated rings. The molecule has 7 nitrogen and oxygen atoms in total. The van der Waals surface area contributed by atoms with Gasteiger partial charge in [0.2, 0.25) is 0 Å². The zero-order chi connectivity index (χ0) is 19.9. The van der Waals surface area contributed by atoms with Crippen molar-refractivity contribution < 1.29 is 9.53 Å². The number of amides is 1. The first-order chi connectivity index (χ1) is 13.5. The second-order valence-corrected chi connectivity index (χ2v) is 6.26. The van der Waals surface area contributed by atoms with Crippen molar-refractivity contribution in [3.8, 4) is 11.5 Å². The fourth-order valence-corrected chi connectivity index (χ4v) is 2.65. The van der Waals surface area contributed by atoms with Gasteiger partial charge in [0.25, 0.3) is 5.91 Å². The lowest BCUT2D eigenvalue weighted by Gasteiger charge is -2.14. The van der Waals surface area contributed by atoms with Crippen LogP contribution in [0.3, 0.4) is 0 Å². The molecule has 0 atom stereocenters. The zero-order valence-electron chi connectivity index (χ0n) is 15.4. The minimum Gasteiger partial charge on any atom is -0.457 e. The van der Waals surface area contributed by atoms with Crippen molar-refractivity contribution in [2.45, 2.75) is 6.92 Å². The molecule has 142 valence electrons. The lowest BCUT2D eigenvalue weighted by atomic mass is 10.2. The first-order valence-corrected chi connectivity index (χ1v) is 8.90. The highest BCUT2D eigenvalue weighted by molar-refractivity contribution is 7.80. The lowest BCUT2D eigenvalue weighted by Crippen LogP contribution is -2.19. The molecule has 0 saturated carbocycles. The van der Waals surface area contributed by atoms with Crippen LogP contribution in [0.5, 0.6) is 11.5 Å². The highest BCUT2D eigenvalue weighted by atomic mass is 32.1. The van der Waals surface area contributed by atoms with Gasteiger partial charge in [-0.15, -0.1) is 0 Å². The Morgan fingerprint density at radius 2 is 1.89 bits per heavy atom. The summed E-state index contributed by atoms with van der Waals surface area (Å²) in [6.45, 7) is 1.95. The highest BCUT2D eigenvalue weighted by Gasteiger charge is 2.08. The van der Waals surface area contributed by atoms with Gasteiger partial charge in [0.05, 0.1) is 11.9 Å². The van der Waals surface area contributed by atoms with E-state index >= 15 is 0 Å². The molecule has 1 amide bonds. The zero-order valence-corrected chi connectivity index (χ0v) is 16.2. The molecular weight excluding hydrogens is 374 g/mol. The fraction of sp³-hybridized carbons (Fsp3) is 0.100. The number of aromatic nitrogens is 2. The van der Waals surface area contributed by atoms with E-state index in [0.717, 1.165) is 16.9 Å². The largest absolute Gasteiger partial charge is 0.457 e. The number of ether oxygens (including phenoxy) is 1. The van der Waals surface area contributed by atoms with Crippen LogP contribution >= 0.6 is 12.2 Å². The van der Waals surface area contributed by atoms with Crippen molar-refractivity contribution in [2.75, 3.05) is 17.7 Å². The van der Waals surface area contributed by atoms with Gasteiger partial charge in [-0.1, -0.05) is 0 Å². The average molecular weight is 393 g/mol. The Morgan fingerprint density at radius 1 is 1.07 bits per heavy atom. The Balaban J connectivity index is 1.67. The molecule has 0 bridgehead atoms. The number of benzene rings is 1. The van der Waals surface area contributed by atoms with E-state index in [1.54, 1.807) is 31.6 Å². The molecule has 0 radical (unpaired) electrons. The maximum atomic E-state index is 11.7. The Labute approximate surface area is 168 Å². The molecule has 8 heteroatoms. The molecule has 0 aliphatic rings. The van der Waals surface area contributed by atoms with Crippen LogP contribution in [-0.2, 0) is 0 Å². The van der Waals surface area contributed by atoms with Gasteiger partial charge >= 0.3 is 0 Å². The third-order valence-corrected chi connectivity index (χ3v) is 4.00. The number of rotatable bonds is 5. The summed E-state index contributed by atoms with van der Waals surface area (Å²) in [7, 11) is 1.56. The summed E-state index contributed by atoms with van der Waals surface area (Å²) < 4.78 is 5.85. The van der Waals surface area contributed by atoms with E-state index in [9.17, 15) is 4.79 Å². The summed E-state index contributed by atoms with van der Waals surface area (Å²) in [5.74, 6) is 0.904. The fourth-order valence-electron chi connectivity index (χ4n) is 2.42. The standard InChI is InChI=1S/C20H19N5O2S/c1-13-10-15(27-16-7-9-23-18(11-16)19(26)21-2)5-6-17(13)25-20(28)24-14-4-3-8-22-12-14/h3-12H,1-2H3,(H,21,26)(H2,24,25,28). The number of hydrogen-bond acceptors (Lipinski definition) is 5. The number of nitrogens with one attached hydrogen (secondary N) is 3. The third kappa shape index (κ3) is 5.01. The van der Waals surface area contributed by atoms with Crippen LogP contribution in [0, 0.1) is 6.92 Å². The molecule has 3 N–H and O–H groups in total. The molecule has 2 aromatic heterocycles. The third-order valence-electron chi connectivity index (χ3n) is 3.79. The van der Waals surface area contributed by atoms with Crippen LogP contribution in [0.2, 0.25) is 0 Å². The second kappa shape index (κ2) is 8.92. The van der Waals surface area contributed by atoms with E-state index in [1.807, 2.05) is 37.3 Å². The number of aryl methyl sites for hydroxylation is 1. The SMILES string of the molecule is CNC(=O)c1cc(Oc2ccc(NC(=S)Nc3cccnc3)c(C)c2)ccn1. The minimum absolute atomic E-state index is 0.268. The second-order valence-electron chi connectivity index (χ2n) is 5.86. The molecule has 28 heavy (non-hydrogen) atoms. The summed E-state index contributed by atoms with van der Waals surface area (Å²) in [6.07, 6.45) is 4.93. The molecule has 1 aromatic carbocycles. The van der Waals surface area contributed by atoms with E-state index in [0.29, 0.717) is 22.3 Å². The summed E-state index contributed by atoms with van der Waals surface area (Å²) in [4.78, 5) is 19.8. The van der Waals surface area contributed by atoms with Crippen molar-refractivity contribution in [1.82, 2.24) is 15.3 Å². The smallest absolute Gasteiger partial charge is 0.269 e. The molecule has 3 rings (SSSR count). The van der Waals surface area contributed by atoms with Gasteiger partial charge in [0.15, 0.2) is 5.11 Å². The first kappa shape index (κ1) is 19.2. The maximum absolute atomic E-state index is 11.7. The van der Waals surface area contributed by atoms with Crippen LogP contribution in [-0.4, -0.2) is 28.0 Å². The van der Waals surface area contributed by atoms with Crippen molar-refractivity contribution in [3.63, 3.8) is 0 Å². The van der Waals surface area contributed by atoms with Gasteiger partial charge in [-0.25, -0.2) is 0 Å². The summed E-state index contributed by atoms with van der Waals surface area (Å²) >= 11 is 5.34. The quantitative estimate of drug-likeness (QED) is 0.569. The Hall–Kier alpha value is -3.52. The van der Waals surface area contributed by atoms with Crippen LogP contribution in [0.4, 0.5) is 11.4 Å². The van der Waals surface area contributed by atoms with Gasteiger partial charge in [-0.3, -0.25) is 14.8 Å². The van der Waals surface area contributed by atoms with Crippen molar-refractivity contribution in [3.05, 3.63) is 72.3 Å². The normalized spacial score (nSPS) is 10.1. The first-order valence-electron chi connectivity index (χ1n) is 8.50. The highest BCUT2D eigenvalue weighted by Crippen LogP contribution is 2.26. The molecule has 0 unspecified atom stereocenters. The van der Waals surface area contributed by atoms with Crippen LogP contribution in [0.1, 0.15) is 16.1 Å². The van der Waals surface area contributed by atoms with E-state index in [-0.39, 0.29) is 5.91 Å². The van der Waals surface area contributed by atoms with Crippen LogP contribution in [0.15, 0.2) is 61.1 Å². The van der Waals surface area contributed by atoms with Gasteiger partial charge in [-0.2, -0.15) is 0 Å². The van der Waals surface area contributed by atoms with Crippen LogP contribution in [0.25, 0.3) is 0 Å². The van der Waals surface area contributed by atoms with Gasteiger partial charge in [0.1, 0.15) is 17.2 Å². The van der Waals surface area contributed by atoms with Crippen molar-refractivity contribution in [2.24, 2.45) is 0 Å². The summed E-state index contributed by atoms with van der Waals surface area (Å²) in [5, 5.41) is 9.24. The Morgan fingerprint density at radius 3 is 2.61 bits per heavy atom. The molecule has 0 spiro atoms. The number of pyridine rings is 2. The maximum Gasteiger partial charge on any atom is 0.269 e. The number of carbonyl (C=O) groups is 1. The van der Waals surface area contributed by atoms with E-state index in [2.05, 4.69) is 25.9 Å². The Kier molecular flexibility index (Phi) is 6.13. The topological polar surface area (TPSA) is 88.2 Å². The number of thiocarbonyl (C=S) groups is 1. The van der Waals surface area contributed by atoms with Crippen molar-refractivity contribution >= 4 is 34.6 Å². The molecule has 3 aromatic rings. The number of carbonyl (C=O) groups excluding carboxylic acids is 1.